The first-order valence-corrected chi connectivity index (χ1v) is 8.24. The van der Waals surface area contributed by atoms with Crippen molar-refractivity contribution in [3.8, 4) is 0 Å². The quantitative estimate of drug-likeness (QED) is 0.765. The van der Waals surface area contributed by atoms with Gasteiger partial charge in [-0.3, -0.25) is 4.40 Å². The summed E-state index contributed by atoms with van der Waals surface area (Å²) in [5.74, 6) is 0.540. The van der Waals surface area contributed by atoms with Crippen LogP contribution >= 0.6 is 11.3 Å². The van der Waals surface area contributed by atoms with Crippen molar-refractivity contribution in [3.63, 3.8) is 0 Å². The molecule has 0 saturated carbocycles. The third-order valence-corrected chi connectivity index (χ3v) is 4.63. The fourth-order valence-electron chi connectivity index (χ4n) is 2.76. The molecule has 3 nitrogen and oxygen atoms in total. The van der Waals surface area contributed by atoms with E-state index < -0.39 is 0 Å². The molecule has 2 heterocycles. The van der Waals surface area contributed by atoms with E-state index in [0.717, 1.165) is 17.2 Å². The van der Waals surface area contributed by atoms with Gasteiger partial charge < -0.3 is 5.32 Å². The molecule has 0 radical (unpaired) electrons. The molecule has 0 bridgehead atoms. The van der Waals surface area contributed by atoms with Gasteiger partial charge in [-0.05, 0) is 18.4 Å². The SMILES string of the molecule is Cc1nc2sccn2c1CNC(c1ccccc1)C(C)C. The van der Waals surface area contributed by atoms with Crippen molar-refractivity contribution < 1.29 is 0 Å². The Bertz CT molecular complexity index is 712. The molecule has 1 N–H and O–H groups in total. The van der Waals surface area contributed by atoms with E-state index in [1.807, 2.05) is 0 Å². The topological polar surface area (TPSA) is 29.3 Å². The summed E-state index contributed by atoms with van der Waals surface area (Å²) in [5, 5.41) is 5.79. The molecule has 0 aliphatic heterocycles. The van der Waals surface area contributed by atoms with Crippen LogP contribution in [0.5, 0.6) is 0 Å². The van der Waals surface area contributed by atoms with E-state index in [0.29, 0.717) is 12.0 Å². The molecule has 0 fully saturated rings. The van der Waals surface area contributed by atoms with Crippen LogP contribution in [-0.2, 0) is 6.54 Å². The smallest absolute Gasteiger partial charge is 0.194 e. The summed E-state index contributed by atoms with van der Waals surface area (Å²) >= 11 is 1.68. The van der Waals surface area contributed by atoms with Gasteiger partial charge in [0.05, 0.1) is 11.4 Å². The zero-order valence-electron chi connectivity index (χ0n) is 12.7. The number of imidazole rings is 1. The molecule has 1 unspecified atom stereocenters. The maximum Gasteiger partial charge on any atom is 0.194 e. The van der Waals surface area contributed by atoms with Crippen LogP contribution < -0.4 is 5.32 Å². The second-order valence-electron chi connectivity index (χ2n) is 5.71. The minimum absolute atomic E-state index is 0.356. The number of hydrogen-bond donors (Lipinski definition) is 1. The van der Waals surface area contributed by atoms with E-state index in [4.69, 9.17) is 0 Å². The fourth-order valence-corrected chi connectivity index (χ4v) is 3.54. The first-order valence-electron chi connectivity index (χ1n) is 7.36. The van der Waals surface area contributed by atoms with Crippen LogP contribution in [0.15, 0.2) is 41.9 Å². The molecule has 110 valence electrons. The predicted octanol–water partition coefficient (Wildman–Crippen LogP) is 4.19. The Morgan fingerprint density at radius 3 is 2.71 bits per heavy atom. The average molecular weight is 299 g/mol. The highest BCUT2D eigenvalue weighted by atomic mass is 32.1. The first kappa shape index (κ1) is 14.3. The molecule has 3 aromatic rings. The monoisotopic (exact) mass is 299 g/mol. The molecular weight excluding hydrogens is 278 g/mol. The van der Waals surface area contributed by atoms with Crippen molar-refractivity contribution in [3.05, 3.63) is 58.9 Å². The van der Waals surface area contributed by atoms with Crippen LogP contribution in [0.2, 0.25) is 0 Å². The van der Waals surface area contributed by atoms with Crippen LogP contribution in [0.1, 0.15) is 36.8 Å². The summed E-state index contributed by atoms with van der Waals surface area (Å²) in [7, 11) is 0. The summed E-state index contributed by atoms with van der Waals surface area (Å²) in [6.07, 6.45) is 2.10. The Labute approximate surface area is 129 Å². The minimum atomic E-state index is 0.356. The van der Waals surface area contributed by atoms with Crippen molar-refractivity contribution in [2.75, 3.05) is 0 Å². The second kappa shape index (κ2) is 6.00. The largest absolute Gasteiger partial charge is 0.304 e. The summed E-state index contributed by atoms with van der Waals surface area (Å²) in [5.41, 5.74) is 3.72. The van der Waals surface area contributed by atoms with Crippen molar-refractivity contribution in [2.45, 2.75) is 33.4 Å². The molecule has 1 aromatic carbocycles. The van der Waals surface area contributed by atoms with Crippen molar-refractivity contribution in [1.29, 1.82) is 0 Å². The third-order valence-electron chi connectivity index (χ3n) is 3.88. The molecule has 0 spiro atoms. The zero-order chi connectivity index (χ0) is 14.8. The van der Waals surface area contributed by atoms with E-state index in [9.17, 15) is 0 Å². The highest BCUT2D eigenvalue weighted by molar-refractivity contribution is 7.15. The van der Waals surface area contributed by atoms with Crippen LogP contribution in [-0.4, -0.2) is 9.38 Å². The number of hydrogen-bond acceptors (Lipinski definition) is 3. The number of fused-ring (bicyclic) bond motifs is 1. The van der Waals surface area contributed by atoms with E-state index >= 15 is 0 Å². The Morgan fingerprint density at radius 2 is 2.00 bits per heavy atom. The number of rotatable bonds is 5. The molecule has 4 heteroatoms. The number of nitrogens with zero attached hydrogens (tertiary/aromatic N) is 2. The lowest BCUT2D eigenvalue weighted by Crippen LogP contribution is -2.26. The lowest BCUT2D eigenvalue weighted by molar-refractivity contribution is 0.407. The average Bonchev–Trinajstić information content (AvgIpc) is 3.02. The highest BCUT2D eigenvalue weighted by Crippen LogP contribution is 2.23. The summed E-state index contributed by atoms with van der Waals surface area (Å²) in [6, 6.07) is 11.0. The Balaban J connectivity index is 1.81. The normalized spacial score (nSPS) is 13.1. The Hall–Kier alpha value is -1.65. The van der Waals surface area contributed by atoms with Crippen LogP contribution in [0.4, 0.5) is 0 Å². The maximum absolute atomic E-state index is 4.61. The lowest BCUT2D eigenvalue weighted by Gasteiger charge is -2.23. The summed E-state index contributed by atoms with van der Waals surface area (Å²) in [6.45, 7) is 7.44. The molecule has 0 saturated heterocycles. The molecule has 0 amide bonds. The highest BCUT2D eigenvalue weighted by Gasteiger charge is 2.17. The molecular formula is C17H21N3S. The van der Waals surface area contributed by atoms with Gasteiger partial charge in [0.1, 0.15) is 0 Å². The number of benzene rings is 1. The molecule has 1 atom stereocenters. The molecule has 21 heavy (non-hydrogen) atoms. The number of thiazole rings is 1. The molecule has 2 aromatic heterocycles. The molecule has 0 aliphatic carbocycles. The molecule has 3 rings (SSSR count). The Morgan fingerprint density at radius 1 is 1.24 bits per heavy atom. The first-order chi connectivity index (χ1) is 10.2. The summed E-state index contributed by atoms with van der Waals surface area (Å²) < 4.78 is 2.19. The van der Waals surface area contributed by atoms with Gasteiger partial charge in [-0.1, -0.05) is 44.2 Å². The lowest BCUT2D eigenvalue weighted by atomic mass is 9.96. The Kier molecular flexibility index (Phi) is 4.08. The van der Waals surface area contributed by atoms with Crippen LogP contribution in [0, 0.1) is 12.8 Å². The van der Waals surface area contributed by atoms with E-state index in [2.05, 4.69) is 77.4 Å². The number of aromatic nitrogens is 2. The van der Waals surface area contributed by atoms with Crippen LogP contribution in [0.3, 0.4) is 0 Å². The predicted molar refractivity (Wildman–Crippen MR) is 88.7 cm³/mol. The number of aryl methyl sites for hydroxylation is 1. The second-order valence-corrected chi connectivity index (χ2v) is 6.59. The van der Waals surface area contributed by atoms with E-state index in [-0.39, 0.29) is 0 Å². The zero-order valence-corrected chi connectivity index (χ0v) is 13.5. The van der Waals surface area contributed by atoms with Gasteiger partial charge in [0.15, 0.2) is 4.96 Å². The number of nitrogens with one attached hydrogen (secondary N) is 1. The third kappa shape index (κ3) is 2.87. The standard InChI is InChI=1S/C17H21N3S/c1-12(2)16(14-7-5-4-6-8-14)18-11-15-13(3)19-17-20(15)9-10-21-17/h4-10,12,16,18H,11H2,1-3H3. The van der Waals surface area contributed by atoms with Gasteiger partial charge in [-0.25, -0.2) is 4.98 Å². The van der Waals surface area contributed by atoms with Gasteiger partial charge in [0, 0.05) is 24.2 Å². The summed E-state index contributed by atoms with van der Waals surface area (Å²) in [4.78, 5) is 5.68. The van der Waals surface area contributed by atoms with Crippen LogP contribution in [0.25, 0.3) is 4.96 Å². The van der Waals surface area contributed by atoms with Gasteiger partial charge in [0.25, 0.3) is 0 Å². The van der Waals surface area contributed by atoms with Gasteiger partial charge in [-0.2, -0.15) is 0 Å². The van der Waals surface area contributed by atoms with Crippen molar-refractivity contribution >= 4 is 16.3 Å². The van der Waals surface area contributed by atoms with E-state index in [1.165, 1.54) is 11.3 Å². The van der Waals surface area contributed by atoms with Crippen molar-refractivity contribution in [2.24, 2.45) is 5.92 Å². The van der Waals surface area contributed by atoms with Crippen molar-refractivity contribution in [1.82, 2.24) is 14.7 Å². The van der Waals surface area contributed by atoms with Gasteiger partial charge >= 0.3 is 0 Å². The van der Waals surface area contributed by atoms with E-state index in [1.54, 1.807) is 11.3 Å². The van der Waals surface area contributed by atoms with Gasteiger partial charge in [0.2, 0.25) is 0 Å². The minimum Gasteiger partial charge on any atom is -0.304 e. The maximum atomic E-state index is 4.61. The van der Waals surface area contributed by atoms with Gasteiger partial charge in [-0.15, -0.1) is 11.3 Å². The fraction of sp³-hybridized carbons (Fsp3) is 0.353. The molecule has 0 aliphatic rings.